The highest BCUT2D eigenvalue weighted by atomic mass is 32.2. The number of hydrogen-bond acceptors (Lipinski definition) is 3. The molecule has 80 valence electrons. The topological polar surface area (TPSA) is 95.5 Å². The van der Waals surface area contributed by atoms with Crippen molar-refractivity contribution < 1.29 is 18.3 Å². The zero-order valence-corrected chi connectivity index (χ0v) is 8.34. The van der Waals surface area contributed by atoms with Gasteiger partial charge in [-0.15, -0.1) is 0 Å². The quantitative estimate of drug-likeness (QED) is 0.637. The monoisotopic (exact) mass is 228 g/mol. The molecule has 0 bridgehead atoms. The fourth-order valence-corrected chi connectivity index (χ4v) is 2.21. The molecule has 1 aliphatic heterocycles. The van der Waals surface area contributed by atoms with Crippen LogP contribution in [0.3, 0.4) is 0 Å². The van der Waals surface area contributed by atoms with Gasteiger partial charge in [-0.3, -0.25) is 4.72 Å². The van der Waals surface area contributed by atoms with Crippen LogP contribution >= 0.6 is 0 Å². The number of nitrogens with one attached hydrogen (secondary N) is 2. The molecule has 1 aromatic carbocycles. The van der Waals surface area contributed by atoms with Crippen molar-refractivity contribution in [1.82, 2.24) is 4.72 Å². The van der Waals surface area contributed by atoms with Gasteiger partial charge in [0.15, 0.2) is 0 Å². The van der Waals surface area contributed by atoms with E-state index in [0.29, 0.717) is 5.69 Å². The highest BCUT2D eigenvalue weighted by molar-refractivity contribution is 7.90. The lowest BCUT2D eigenvalue weighted by Gasteiger charge is -2.19. The molecule has 2 rings (SSSR count). The number of aromatic carboxylic acids is 1. The Morgan fingerprint density at radius 3 is 2.80 bits per heavy atom. The molecule has 0 spiro atoms. The maximum atomic E-state index is 11.1. The summed E-state index contributed by atoms with van der Waals surface area (Å²) in [7, 11) is -3.53. The number of anilines is 1. The van der Waals surface area contributed by atoms with E-state index in [1.54, 1.807) is 6.07 Å². The molecule has 0 aromatic heterocycles. The normalized spacial score (nSPS) is 17.6. The number of benzene rings is 1. The van der Waals surface area contributed by atoms with Crippen molar-refractivity contribution in [3.63, 3.8) is 0 Å². The molecule has 0 saturated heterocycles. The van der Waals surface area contributed by atoms with Gasteiger partial charge in [0, 0.05) is 6.54 Å². The van der Waals surface area contributed by atoms with E-state index in [2.05, 4.69) is 9.44 Å². The first-order chi connectivity index (χ1) is 6.98. The van der Waals surface area contributed by atoms with Gasteiger partial charge >= 0.3 is 5.97 Å². The first kappa shape index (κ1) is 9.94. The van der Waals surface area contributed by atoms with Crippen LogP contribution < -0.4 is 9.44 Å². The predicted octanol–water partition coefficient (Wildman–Crippen LogP) is 0.145. The van der Waals surface area contributed by atoms with Gasteiger partial charge in [0.25, 0.3) is 10.2 Å². The summed E-state index contributed by atoms with van der Waals surface area (Å²) in [6.07, 6.45) is 0. The van der Waals surface area contributed by atoms with E-state index in [9.17, 15) is 13.2 Å². The van der Waals surface area contributed by atoms with Crippen molar-refractivity contribution in [3.8, 4) is 0 Å². The van der Waals surface area contributed by atoms with Crippen molar-refractivity contribution in [2.24, 2.45) is 0 Å². The van der Waals surface area contributed by atoms with Gasteiger partial charge in [-0.25, -0.2) is 4.79 Å². The number of carboxylic acid groups (broad SMARTS) is 1. The second kappa shape index (κ2) is 3.21. The Morgan fingerprint density at radius 1 is 1.40 bits per heavy atom. The fraction of sp³-hybridized carbons (Fsp3) is 0.125. The molecule has 0 fully saturated rings. The molecule has 1 heterocycles. The number of carboxylic acids is 1. The summed E-state index contributed by atoms with van der Waals surface area (Å²) in [6.45, 7) is 0.171. The molecule has 0 aliphatic carbocycles. The van der Waals surface area contributed by atoms with Gasteiger partial charge in [0.1, 0.15) is 0 Å². The molecule has 0 saturated carbocycles. The van der Waals surface area contributed by atoms with Gasteiger partial charge in [0.05, 0.1) is 11.3 Å². The van der Waals surface area contributed by atoms with E-state index in [1.165, 1.54) is 12.1 Å². The number of rotatable bonds is 1. The van der Waals surface area contributed by atoms with E-state index in [4.69, 9.17) is 5.11 Å². The highest BCUT2D eigenvalue weighted by Crippen LogP contribution is 2.22. The fourth-order valence-electron chi connectivity index (χ4n) is 1.31. The molecule has 0 atom stereocenters. The van der Waals surface area contributed by atoms with Crippen molar-refractivity contribution in [3.05, 3.63) is 29.3 Å². The van der Waals surface area contributed by atoms with Crippen LogP contribution in [-0.2, 0) is 16.8 Å². The minimum Gasteiger partial charge on any atom is -0.478 e. The van der Waals surface area contributed by atoms with Gasteiger partial charge in [-0.2, -0.15) is 13.1 Å². The zero-order valence-electron chi connectivity index (χ0n) is 7.52. The minimum absolute atomic E-state index is 0.0540. The summed E-state index contributed by atoms with van der Waals surface area (Å²) < 4.78 is 26.8. The smallest absolute Gasteiger partial charge is 0.335 e. The SMILES string of the molecule is O=C(O)c1ccc2c(c1)NS(=O)(=O)NC2. The second-order valence-electron chi connectivity index (χ2n) is 3.10. The third-order valence-corrected chi connectivity index (χ3v) is 3.07. The van der Waals surface area contributed by atoms with Crippen molar-refractivity contribution in [1.29, 1.82) is 0 Å². The van der Waals surface area contributed by atoms with Crippen LogP contribution in [0.15, 0.2) is 18.2 Å². The number of hydrogen-bond donors (Lipinski definition) is 3. The summed E-state index contributed by atoms with van der Waals surface area (Å²) in [5.41, 5.74) is 1.09. The van der Waals surface area contributed by atoms with Crippen LogP contribution in [0.5, 0.6) is 0 Å². The molecule has 0 unspecified atom stereocenters. The summed E-state index contributed by atoms with van der Waals surface area (Å²) in [5.74, 6) is -1.09. The van der Waals surface area contributed by atoms with Gasteiger partial charge in [-0.05, 0) is 17.7 Å². The molecule has 15 heavy (non-hydrogen) atoms. The van der Waals surface area contributed by atoms with Crippen LogP contribution in [0.4, 0.5) is 5.69 Å². The van der Waals surface area contributed by atoms with E-state index in [0.717, 1.165) is 5.56 Å². The molecule has 3 N–H and O–H groups in total. The maximum absolute atomic E-state index is 11.1. The summed E-state index contributed by atoms with van der Waals surface area (Å²) in [4.78, 5) is 10.7. The Balaban J connectivity index is 2.48. The first-order valence-corrected chi connectivity index (χ1v) is 5.60. The van der Waals surface area contributed by atoms with Crippen molar-refractivity contribution >= 4 is 21.9 Å². The first-order valence-electron chi connectivity index (χ1n) is 4.11. The lowest BCUT2D eigenvalue weighted by molar-refractivity contribution is 0.0697. The molecule has 1 aliphatic rings. The lowest BCUT2D eigenvalue weighted by atomic mass is 10.1. The van der Waals surface area contributed by atoms with E-state index in [1.807, 2.05) is 0 Å². The maximum Gasteiger partial charge on any atom is 0.335 e. The molecule has 7 heteroatoms. The minimum atomic E-state index is -3.53. The largest absolute Gasteiger partial charge is 0.478 e. The van der Waals surface area contributed by atoms with Crippen LogP contribution in [0, 0.1) is 0 Å². The third kappa shape index (κ3) is 1.92. The number of carbonyl (C=O) groups is 1. The average Bonchev–Trinajstić information content (AvgIpc) is 2.15. The standard InChI is InChI=1S/C8H8N2O4S/c11-8(12)5-1-2-6-4-9-15(13,14)10-7(6)3-5/h1-3,9-10H,4H2,(H,11,12). The summed E-state index contributed by atoms with van der Waals surface area (Å²) >= 11 is 0. The lowest BCUT2D eigenvalue weighted by Crippen LogP contribution is -2.34. The molecular formula is C8H8N2O4S. The summed E-state index contributed by atoms with van der Waals surface area (Å²) in [5, 5.41) is 8.72. The molecule has 0 amide bonds. The highest BCUT2D eigenvalue weighted by Gasteiger charge is 2.19. The Hall–Kier alpha value is -1.60. The van der Waals surface area contributed by atoms with E-state index < -0.39 is 16.2 Å². The molecule has 0 radical (unpaired) electrons. The van der Waals surface area contributed by atoms with Crippen LogP contribution in [-0.4, -0.2) is 19.5 Å². The Labute approximate surface area is 86.1 Å². The Morgan fingerprint density at radius 2 is 2.13 bits per heavy atom. The van der Waals surface area contributed by atoms with Crippen molar-refractivity contribution in [2.75, 3.05) is 4.72 Å². The average molecular weight is 228 g/mol. The van der Waals surface area contributed by atoms with Gasteiger partial charge in [0.2, 0.25) is 0 Å². The van der Waals surface area contributed by atoms with Crippen LogP contribution in [0.1, 0.15) is 15.9 Å². The zero-order chi connectivity index (χ0) is 11.1. The third-order valence-electron chi connectivity index (χ3n) is 2.05. The second-order valence-corrected chi connectivity index (χ2v) is 4.60. The molecular weight excluding hydrogens is 220 g/mol. The number of fused-ring (bicyclic) bond motifs is 1. The predicted molar refractivity (Wildman–Crippen MR) is 52.8 cm³/mol. The molecule has 1 aromatic rings. The Kier molecular flexibility index (Phi) is 2.13. The summed E-state index contributed by atoms with van der Waals surface area (Å²) in [6, 6.07) is 4.31. The molecule has 6 nitrogen and oxygen atoms in total. The van der Waals surface area contributed by atoms with Gasteiger partial charge < -0.3 is 5.11 Å². The van der Waals surface area contributed by atoms with E-state index >= 15 is 0 Å². The van der Waals surface area contributed by atoms with Crippen LogP contribution in [0.2, 0.25) is 0 Å². The van der Waals surface area contributed by atoms with E-state index in [-0.39, 0.29) is 12.1 Å². The van der Waals surface area contributed by atoms with Crippen molar-refractivity contribution in [2.45, 2.75) is 6.54 Å². The van der Waals surface area contributed by atoms with Crippen LogP contribution in [0.25, 0.3) is 0 Å². The van der Waals surface area contributed by atoms with Gasteiger partial charge in [-0.1, -0.05) is 6.07 Å². The Bertz CT molecular complexity index is 523.